The van der Waals surface area contributed by atoms with Crippen molar-refractivity contribution in [2.45, 2.75) is 25.3 Å². The smallest absolute Gasteiger partial charge is 0.224 e. The van der Waals surface area contributed by atoms with Crippen molar-refractivity contribution in [3.63, 3.8) is 0 Å². The van der Waals surface area contributed by atoms with Crippen molar-refractivity contribution in [2.75, 3.05) is 19.8 Å². The van der Waals surface area contributed by atoms with Crippen molar-refractivity contribution < 1.29 is 4.79 Å². The molecule has 0 aliphatic rings. The molecule has 1 amide bonds. The molecule has 1 aromatic rings. The number of carbonyl (C=O) groups is 1. The van der Waals surface area contributed by atoms with Gasteiger partial charge in [-0.15, -0.1) is 11.8 Å². The van der Waals surface area contributed by atoms with Crippen molar-refractivity contribution >= 4 is 17.7 Å². The molecule has 0 heterocycles. The molecule has 0 radical (unpaired) electrons. The predicted molar refractivity (Wildman–Crippen MR) is 77.9 cm³/mol. The molecule has 3 nitrogen and oxygen atoms in total. The first-order chi connectivity index (χ1) is 8.58. The SMILES string of the molecule is CNCC(C)C(=O)NCc1ccc(C)cc1SC. The molecule has 0 aliphatic carbocycles. The molecule has 2 N–H and O–H groups in total. The van der Waals surface area contributed by atoms with E-state index in [2.05, 4.69) is 42.0 Å². The number of benzene rings is 1. The van der Waals surface area contributed by atoms with Gasteiger partial charge in [0, 0.05) is 23.9 Å². The first kappa shape index (κ1) is 15.1. The lowest BCUT2D eigenvalue weighted by molar-refractivity contribution is -0.124. The van der Waals surface area contributed by atoms with Crippen molar-refractivity contribution in [1.82, 2.24) is 10.6 Å². The molecular formula is C14H22N2OS. The largest absolute Gasteiger partial charge is 0.352 e. The third kappa shape index (κ3) is 4.35. The van der Waals surface area contributed by atoms with Crippen LogP contribution in [0.15, 0.2) is 23.1 Å². The number of hydrogen-bond donors (Lipinski definition) is 2. The Balaban J connectivity index is 2.60. The Morgan fingerprint density at radius 1 is 1.44 bits per heavy atom. The van der Waals surface area contributed by atoms with Crippen LogP contribution in [-0.4, -0.2) is 25.8 Å². The van der Waals surface area contributed by atoms with Gasteiger partial charge in [0.2, 0.25) is 5.91 Å². The Morgan fingerprint density at radius 2 is 2.17 bits per heavy atom. The number of amides is 1. The topological polar surface area (TPSA) is 41.1 Å². The summed E-state index contributed by atoms with van der Waals surface area (Å²) in [5.41, 5.74) is 2.43. The van der Waals surface area contributed by atoms with Gasteiger partial charge in [0.15, 0.2) is 0 Å². The summed E-state index contributed by atoms with van der Waals surface area (Å²) in [5.74, 6) is 0.0927. The molecule has 1 atom stereocenters. The number of aryl methyl sites for hydroxylation is 1. The molecule has 0 aromatic heterocycles. The lowest BCUT2D eigenvalue weighted by atomic mass is 10.1. The van der Waals surface area contributed by atoms with Gasteiger partial charge >= 0.3 is 0 Å². The van der Waals surface area contributed by atoms with E-state index >= 15 is 0 Å². The molecular weight excluding hydrogens is 244 g/mol. The van der Waals surface area contributed by atoms with Crippen LogP contribution >= 0.6 is 11.8 Å². The zero-order chi connectivity index (χ0) is 13.5. The summed E-state index contributed by atoms with van der Waals surface area (Å²) in [6, 6.07) is 6.33. The van der Waals surface area contributed by atoms with Crippen molar-refractivity contribution in [1.29, 1.82) is 0 Å². The van der Waals surface area contributed by atoms with E-state index in [9.17, 15) is 4.79 Å². The summed E-state index contributed by atoms with van der Waals surface area (Å²) in [6.45, 7) is 5.31. The predicted octanol–water partition coefficient (Wildman–Crippen LogP) is 2.19. The number of carbonyl (C=O) groups excluding carboxylic acids is 1. The maximum Gasteiger partial charge on any atom is 0.224 e. The van der Waals surface area contributed by atoms with E-state index in [1.165, 1.54) is 16.0 Å². The highest BCUT2D eigenvalue weighted by Crippen LogP contribution is 2.21. The standard InChI is InChI=1S/C14H22N2OS/c1-10-5-6-12(13(7-10)18-4)9-16-14(17)11(2)8-15-3/h5-7,11,15H,8-9H2,1-4H3,(H,16,17). The Kier molecular flexibility index (Phi) is 6.22. The maximum atomic E-state index is 11.8. The van der Waals surface area contributed by atoms with E-state index in [1.807, 2.05) is 14.0 Å². The lowest BCUT2D eigenvalue weighted by Crippen LogP contribution is -2.34. The van der Waals surface area contributed by atoms with E-state index in [4.69, 9.17) is 0 Å². The van der Waals surface area contributed by atoms with Gasteiger partial charge in [0.25, 0.3) is 0 Å². The lowest BCUT2D eigenvalue weighted by Gasteiger charge is -2.13. The number of nitrogens with one attached hydrogen (secondary N) is 2. The number of hydrogen-bond acceptors (Lipinski definition) is 3. The van der Waals surface area contributed by atoms with Gasteiger partial charge in [-0.05, 0) is 37.4 Å². The van der Waals surface area contributed by atoms with Crippen LogP contribution in [0.25, 0.3) is 0 Å². The minimum atomic E-state index is -0.00169. The summed E-state index contributed by atoms with van der Waals surface area (Å²) in [4.78, 5) is 13.0. The van der Waals surface area contributed by atoms with Crippen LogP contribution in [0.2, 0.25) is 0 Å². The Labute approximate surface area is 114 Å². The fourth-order valence-corrected chi connectivity index (χ4v) is 2.46. The normalized spacial score (nSPS) is 12.2. The molecule has 0 fully saturated rings. The van der Waals surface area contributed by atoms with Gasteiger partial charge in [0.05, 0.1) is 0 Å². The second kappa shape index (κ2) is 7.44. The van der Waals surface area contributed by atoms with E-state index in [0.29, 0.717) is 13.1 Å². The maximum absolute atomic E-state index is 11.8. The first-order valence-corrected chi connectivity index (χ1v) is 7.36. The molecule has 1 aromatic carbocycles. The van der Waals surface area contributed by atoms with Crippen LogP contribution in [0, 0.1) is 12.8 Å². The molecule has 4 heteroatoms. The van der Waals surface area contributed by atoms with Crippen LogP contribution in [0.1, 0.15) is 18.1 Å². The molecule has 0 saturated carbocycles. The quantitative estimate of drug-likeness (QED) is 0.776. The molecule has 0 saturated heterocycles. The van der Waals surface area contributed by atoms with Crippen LogP contribution in [-0.2, 0) is 11.3 Å². The van der Waals surface area contributed by atoms with E-state index in [1.54, 1.807) is 11.8 Å². The zero-order valence-electron chi connectivity index (χ0n) is 11.5. The molecule has 100 valence electrons. The minimum absolute atomic E-state index is 0.00169. The molecule has 18 heavy (non-hydrogen) atoms. The fraction of sp³-hybridized carbons (Fsp3) is 0.500. The summed E-state index contributed by atoms with van der Waals surface area (Å²) < 4.78 is 0. The second-order valence-corrected chi connectivity index (χ2v) is 5.34. The van der Waals surface area contributed by atoms with Gasteiger partial charge in [-0.25, -0.2) is 0 Å². The van der Waals surface area contributed by atoms with Gasteiger partial charge in [0.1, 0.15) is 0 Å². The van der Waals surface area contributed by atoms with Crippen LogP contribution in [0.5, 0.6) is 0 Å². The Morgan fingerprint density at radius 3 is 2.78 bits per heavy atom. The molecule has 1 unspecified atom stereocenters. The molecule has 0 aliphatic heterocycles. The molecule has 1 rings (SSSR count). The highest BCUT2D eigenvalue weighted by molar-refractivity contribution is 7.98. The van der Waals surface area contributed by atoms with E-state index < -0.39 is 0 Å². The first-order valence-electron chi connectivity index (χ1n) is 6.14. The second-order valence-electron chi connectivity index (χ2n) is 4.49. The van der Waals surface area contributed by atoms with Crippen LogP contribution in [0.3, 0.4) is 0 Å². The fourth-order valence-electron chi connectivity index (χ4n) is 1.75. The summed E-state index contributed by atoms with van der Waals surface area (Å²) >= 11 is 1.72. The average Bonchev–Trinajstić information content (AvgIpc) is 2.37. The summed E-state index contributed by atoms with van der Waals surface area (Å²) in [5, 5.41) is 6.00. The highest BCUT2D eigenvalue weighted by Gasteiger charge is 2.11. The van der Waals surface area contributed by atoms with Gasteiger partial charge in [-0.3, -0.25) is 4.79 Å². The van der Waals surface area contributed by atoms with E-state index in [-0.39, 0.29) is 11.8 Å². The third-order valence-corrected chi connectivity index (χ3v) is 3.67. The Hall–Kier alpha value is -1.00. The molecule has 0 spiro atoms. The Bertz CT molecular complexity index is 407. The van der Waals surface area contributed by atoms with Crippen molar-refractivity contribution in [3.05, 3.63) is 29.3 Å². The van der Waals surface area contributed by atoms with Crippen LogP contribution < -0.4 is 10.6 Å². The highest BCUT2D eigenvalue weighted by atomic mass is 32.2. The average molecular weight is 266 g/mol. The zero-order valence-corrected chi connectivity index (χ0v) is 12.4. The third-order valence-electron chi connectivity index (χ3n) is 2.85. The van der Waals surface area contributed by atoms with Crippen molar-refractivity contribution in [2.24, 2.45) is 5.92 Å². The van der Waals surface area contributed by atoms with Gasteiger partial charge in [-0.2, -0.15) is 0 Å². The number of thioether (sulfide) groups is 1. The summed E-state index contributed by atoms with van der Waals surface area (Å²) in [7, 11) is 1.86. The monoisotopic (exact) mass is 266 g/mol. The van der Waals surface area contributed by atoms with Gasteiger partial charge < -0.3 is 10.6 Å². The summed E-state index contributed by atoms with van der Waals surface area (Å²) in [6.07, 6.45) is 2.06. The van der Waals surface area contributed by atoms with E-state index in [0.717, 1.165) is 0 Å². The van der Waals surface area contributed by atoms with Crippen molar-refractivity contribution in [3.8, 4) is 0 Å². The van der Waals surface area contributed by atoms with Crippen LogP contribution in [0.4, 0.5) is 0 Å². The van der Waals surface area contributed by atoms with Gasteiger partial charge in [-0.1, -0.05) is 19.1 Å². The minimum Gasteiger partial charge on any atom is -0.352 e. The molecule has 0 bridgehead atoms. The number of rotatable bonds is 6.